The first kappa shape index (κ1) is 19.6. The Kier molecular flexibility index (Phi) is 6.90. The largest absolute Gasteiger partial charge is 0.466 e. The quantitative estimate of drug-likeness (QED) is 0.370. The fourth-order valence-electron chi connectivity index (χ4n) is 2.23. The van der Waals surface area contributed by atoms with Crippen molar-refractivity contribution in [3.8, 4) is 0 Å². The number of esters is 4. The molecule has 0 fully saturated rings. The zero-order valence-corrected chi connectivity index (χ0v) is 14.0. The number of rotatable bonds is 7. The number of methoxy groups -OCH3 is 1. The van der Waals surface area contributed by atoms with E-state index in [4.69, 9.17) is 14.2 Å². The summed E-state index contributed by atoms with van der Waals surface area (Å²) in [6.07, 6.45) is 1.11. The van der Waals surface area contributed by atoms with Crippen LogP contribution in [0.4, 0.5) is 0 Å². The van der Waals surface area contributed by atoms with E-state index in [0.717, 1.165) is 13.2 Å². The highest BCUT2D eigenvalue weighted by Crippen LogP contribution is 2.30. The van der Waals surface area contributed by atoms with Crippen molar-refractivity contribution in [2.75, 3.05) is 26.9 Å². The summed E-state index contributed by atoms with van der Waals surface area (Å²) in [5.74, 6) is -3.84. The second kappa shape index (κ2) is 8.44. The molecule has 0 amide bonds. The molecule has 0 saturated carbocycles. The Balaban J connectivity index is 3.39. The van der Waals surface area contributed by atoms with Crippen molar-refractivity contribution >= 4 is 23.9 Å². The third-order valence-electron chi connectivity index (χ3n) is 3.22. The van der Waals surface area contributed by atoms with Crippen LogP contribution in [-0.2, 0) is 38.1 Å². The van der Waals surface area contributed by atoms with Gasteiger partial charge in [0, 0.05) is 0 Å². The van der Waals surface area contributed by atoms with Gasteiger partial charge in [-0.05, 0) is 26.8 Å². The SMILES string of the molecule is CCOC(=O)C1C=C(C(=O)OC)C(C(=O)OCC)(C(=O)OCC)N1. The van der Waals surface area contributed by atoms with Crippen LogP contribution < -0.4 is 5.32 Å². The van der Waals surface area contributed by atoms with Gasteiger partial charge in [-0.1, -0.05) is 0 Å². The van der Waals surface area contributed by atoms with E-state index < -0.39 is 35.5 Å². The summed E-state index contributed by atoms with van der Waals surface area (Å²) in [4.78, 5) is 48.9. The Morgan fingerprint density at radius 1 is 1.00 bits per heavy atom. The molecular formula is C15H21NO8. The molecule has 0 radical (unpaired) electrons. The summed E-state index contributed by atoms with van der Waals surface area (Å²) in [5.41, 5.74) is -2.66. The fourth-order valence-corrected chi connectivity index (χ4v) is 2.23. The van der Waals surface area contributed by atoms with E-state index in [9.17, 15) is 19.2 Å². The molecule has 1 aliphatic heterocycles. The summed E-state index contributed by atoms with van der Waals surface area (Å²) in [7, 11) is 1.09. The zero-order chi connectivity index (χ0) is 18.3. The summed E-state index contributed by atoms with van der Waals surface area (Å²) in [6.45, 7) is 4.68. The van der Waals surface area contributed by atoms with E-state index in [-0.39, 0.29) is 25.4 Å². The first-order valence-electron chi connectivity index (χ1n) is 7.48. The third kappa shape index (κ3) is 3.56. The summed E-state index contributed by atoms with van der Waals surface area (Å²) < 4.78 is 19.3. The van der Waals surface area contributed by atoms with Crippen molar-refractivity contribution in [3.63, 3.8) is 0 Å². The van der Waals surface area contributed by atoms with Gasteiger partial charge in [0.25, 0.3) is 0 Å². The van der Waals surface area contributed by atoms with Crippen LogP contribution in [0.2, 0.25) is 0 Å². The zero-order valence-electron chi connectivity index (χ0n) is 14.0. The minimum atomic E-state index is -2.28. The van der Waals surface area contributed by atoms with Crippen molar-refractivity contribution < 1.29 is 38.1 Å². The van der Waals surface area contributed by atoms with Crippen molar-refractivity contribution in [2.24, 2.45) is 0 Å². The van der Waals surface area contributed by atoms with Crippen LogP contribution in [0.1, 0.15) is 20.8 Å². The molecule has 0 aromatic rings. The van der Waals surface area contributed by atoms with Crippen LogP contribution in [0, 0.1) is 0 Å². The lowest BCUT2D eigenvalue weighted by Crippen LogP contribution is -2.62. The number of hydrogen-bond donors (Lipinski definition) is 1. The predicted octanol–water partition coefficient (Wildman–Crippen LogP) is -0.514. The van der Waals surface area contributed by atoms with Gasteiger partial charge in [0.1, 0.15) is 6.04 Å². The van der Waals surface area contributed by atoms with Crippen molar-refractivity contribution in [2.45, 2.75) is 32.4 Å². The smallest absolute Gasteiger partial charge is 0.343 e. The van der Waals surface area contributed by atoms with Crippen LogP contribution in [0.15, 0.2) is 11.6 Å². The maximum Gasteiger partial charge on any atom is 0.343 e. The molecule has 9 heteroatoms. The molecule has 1 atom stereocenters. The lowest BCUT2D eigenvalue weighted by atomic mass is 9.92. The highest BCUT2D eigenvalue weighted by atomic mass is 16.6. The molecule has 9 nitrogen and oxygen atoms in total. The van der Waals surface area contributed by atoms with E-state index >= 15 is 0 Å². The van der Waals surface area contributed by atoms with Crippen molar-refractivity contribution in [1.82, 2.24) is 5.32 Å². The molecule has 1 heterocycles. The summed E-state index contributed by atoms with van der Waals surface area (Å²) in [6, 6.07) is -1.20. The topological polar surface area (TPSA) is 117 Å². The normalized spacial score (nSPS) is 18.3. The summed E-state index contributed by atoms with van der Waals surface area (Å²) >= 11 is 0. The van der Waals surface area contributed by atoms with Crippen LogP contribution in [0.25, 0.3) is 0 Å². The van der Waals surface area contributed by atoms with Gasteiger partial charge < -0.3 is 18.9 Å². The lowest BCUT2D eigenvalue weighted by molar-refractivity contribution is -0.166. The molecule has 0 saturated heterocycles. The molecule has 1 rings (SSSR count). The lowest BCUT2D eigenvalue weighted by Gasteiger charge is -2.27. The Hall–Kier alpha value is -2.42. The maximum atomic E-state index is 12.5. The highest BCUT2D eigenvalue weighted by molar-refractivity contribution is 6.17. The fraction of sp³-hybridized carbons (Fsp3) is 0.600. The van der Waals surface area contributed by atoms with Gasteiger partial charge in [-0.3, -0.25) is 10.1 Å². The Labute approximate surface area is 139 Å². The van der Waals surface area contributed by atoms with Crippen LogP contribution in [-0.4, -0.2) is 62.4 Å². The average molecular weight is 343 g/mol. The minimum absolute atomic E-state index is 0.0415. The van der Waals surface area contributed by atoms with Crippen LogP contribution in [0.5, 0.6) is 0 Å². The van der Waals surface area contributed by atoms with Gasteiger partial charge in [0.15, 0.2) is 0 Å². The van der Waals surface area contributed by atoms with Gasteiger partial charge in [-0.2, -0.15) is 0 Å². The molecule has 1 N–H and O–H groups in total. The molecule has 0 aromatic carbocycles. The van der Waals surface area contributed by atoms with E-state index in [2.05, 4.69) is 10.1 Å². The molecule has 1 aliphatic rings. The molecule has 0 aliphatic carbocycles. The van der Waals surface area contributed by atoms with E-state index in [1.807, 2.05) is 0 Å². The van der Waals surface area contributed by atoms with E-state index in [1.165, 1.54) is 13.8 Å². The van der Waals surface area contributed by atoms with Crippen LogP contribution in [0.3, 0.4) is 0 Å². The molecule has 1 unspecified atom stereocenters. The van der Waals surface area contributed by atoms with Gasteiger partial charge in [0.2, 0.25) is 5.54 Å². The molecular weight excluding hydrogens is 322 g/mol. The monoisotopic (exact) mass is 343 g/mol. The average Bonchev–Trinajstić information content (AvgIpc) is 2.97. The first-order valence-corrected chi connectivity index (χ1v) is 7.48. The number of carbonyl (C=O) groups is 4. The Morgan fingerprint density at radius 3 is 1.92 bits per heavy atom. The van der Waals surface area contributed by atoms with Gasteiger partial charge in [0.05, 0.1) is 32.5 Å². The first-order chi connectivity index (χ1) is 11.4. The molecule has 0 spiro atoms. The molecule has 134 valence electrons. The highest BCUT2D eigenvalue weighted by Gasteiger charge is 2.60. The minimum Gasteiger partial charge on any atom is -0.466 e. The number of hydrogen-bond acceptors (Lipinski definition) is 9. The Morgan fingerprint density at radius 2 is 1.50 bits per heavy atom. The predicted molar refractivity (Wildman–Crippen MR) is 79.7 cm³/mol. The van der Waals surface area contributed by atoms with Crippen molar-refractivity contribution in [1.29, 1.82) is 0 Å². The van der Waals surface area contributed by atoms with Crippen LogP contribution >= 0.6 is 0 Å². The second-order valence-electron chi connectivity index (χ2n) is 4.64. The van der Waals surface area contributed by atoms with Gasteiger partial charge in [-0.15, -0.1) is 0 Å². The van der Waals surface area contributed by atoms with Gasteiger partial charge in [-0.25, -0.2) is 14.4 Å². The van der Waals surface area contributed by atoms with Gasteiger partial charge >= 0.3 is 23.9 Å². The molecule has 0 aromatic heterocycles. The summed E-state index contributed by atoms with van der Waals surface area (Å²) in [5, 5.41) is 2.51. The second-order valence-corrected chi connectivity index (χ2v) is 4.64. The number of ether oxygens (including phenoxy) is 4. The van der Waals surface area contributed by atoms with E-state index in [0.29, 0.717) is 0 Å². The van der Waals surface area contributed by atoms with Crippen molar-refractivity contribution in [3.05, 3.63) is 11.6 Å². The number of nitrogens with one attached hydrogen (secondary N) is 1. The number of carbonyl (C=O) groups excluding carboxylic acids is 4. The third-order valence-corrected chi connectivity index (χ3v) is 3.22. The van der Waals surface area contributed by atoms with E-state index in [1.54, 1.807) is 6.92 Å². The molecule has 0 bridgehead atoms. The Bertz CT molecular complexity index is 536. The molecule has 24 heavy (non-hydrogen) atoms. The maximum absolute atomic E-state index is 12.5. The standard InChI is InChI=1S/C15H21NO8/c1-5-22-12(18)10-8-9(11(17)21-4)15(16-10,13(19)23-6-2)14(20)24-7-3/h8,10,16H,5-7H2,1-4H3.